The van der Waals surface area contributed by atoms with Gasteiger partial charge in [0.1, 0.15) is 0 Å². The van der Waals surface area contributed by atoms with Crippen molar-refractivity contribution in [2.45, 2.75) is 25.3 Å². The fourth-order valence-corrected chi connectivity index (χ4v) is 6.05. The quantitative estimate of drug-likeness (QED) is 0.141. The number of hydrogen-bond acceptors (Lipinski definition) is 5. The van der Waals surface area contributed by atoms with Crippen molar-refractivity contribution in [3.63, 3.8) is 0 Å². The number of hydrogen-bond donors (Lipinski definition) is 6. The molecule has 0 aliphatic carbocycles. The lowest BCUT2D eigenvalue weighted by Gasteiger charge is -2.20. The molecule has 0 unspecified atom stereocenters. The smallest absolute Gasteiger partial charge is 0.239 e. The second-order valence-corrected chi connectivity index (χ2v) is 11.1. The van der Waals surface area contributed by atoms with Crippen molar-refractivity contribution in [2.75, 3.05) is 26.2 Å². The molecule has 2 aromatic carbocycles. The van der Waals surface area contributed by atoms with Crippen molar-refractivity contribution in [3.05, 3.63) is 90.3 Å². The molecule has 11 nitrogen and oxygen atoms in total. The average molecular weight is 581 g/mol. The first kappa shape index (κ1) is 28.2. The molecular weight excluding hydrogens is 544 g/mol. The van der Waals surface area contributed by atoms with E-state index in [0.29, 0.717) is 25.9 Å². The van der Waals surface area contributed by atoms with Gasteiger partial charge in [0.15, 0.2) is 0 Å². The number of para-hydroxylation sites is 2. The lowest BCUT2D eigenvalue weighted by molar-refractivity contribution is -0.132. The Balaban J connectivity index is 1.10. The van der Waals surface area contributed by atoms with Crippen molar-refractivity contribution >= 4 is 39.5 Å². The molecular formula is C32H36N8O3. The Morgan fingerprint density at radius 1 is 0.837 bits per heavy atom. The molecule has 4 heterocycles. The first-order chi connectivity index (χ1) is 21.0. The molecule has 0 saturated carbocycles. The van der Waals surface area contributed by atoms with Gasteiger partial charge in [0.2, 0.25) is 17.7 Å². The number of fused-ring (bicyclic) bond motifs is 2. The number of aromatic amines is 3. The summed E-state index contributed by atoms with van der Waals surface area (Å²) >= 11 is 0. The standard InChI is InChI=1S/C32H36N8O3/c33-27(13-22-16-34-19-39-22)32(43)40-17-25(30(41)35-11-9-20-14-37-28-7-3-1-5-23(20)28)26(18-40)31(42)36-12-10-21-15-38-29-8-4-2-6-24(21)29/h1-8,14-16,19,25-27,37-38H,9-13,17-18,33H2,(H,34,39)(H,35,41)(H,36,42)/t25-,26-,27+/m1/s1. The summed E-state index contributed by atoms with van der Waals surface area (Å²) in [6, 6.07) is 15.2. The zero-order valence-corrected chi connectivity index (χ0v) is 23.8. The highest BCUT2D eigenvalue weighted by Gasteiger charge is 2.44. The van der Waals surface area contributed by atoms with E-state index in [1.807, 2.05) is 60.9 Å². The maximum Gasteiger partial charge on any atom is 0.239 e. The van der Waals surface area contributed by atoms with Crippen LogP contribution in [0, 0.1) is 11.8 Å². The average Bonchev–Trinajstić information content (AvgIpc) is 3.84. The number of likely N-dealkylation sites (tertiary alicyclic amines) is 1. The van der Waals surface area contributed by atoms with Crippen molar-refractivity contribution in [2.24, 2.45) is 17.6 Å². The number of nitrogens with two attached hydrogens (primary N) is 1. The highest BCUT2D eigenvalue weighted by atomic mass is 16.2. The minimum absolute atomic E-state index is 0.134. The monoisotopic (exact) mass is 580 g/mol. The summed E-state index contributed by atoms with van der Waals surface area (Å²) < 4.78 is 0. The maximum atomic E-state index is 13.5. The van der Waals surface area contributed by atoms with E-state index in [2.05, 4.69) is 30.6 Å². The molecule has 0 bridgehead atoms. The van der Waals surface area contributed by atoms with Crippen LogP contribution in [0.25, 0.3) is 21.8 Å². The molecule has 3 amide bonds. The minimum atomic E-state index is -0.810. The van der Waals surface area contributed by atoms with Gasteiger partial charge in [-0.2, -0.15) is 0 Å². The lowest BCUT2D eigenvalue weighted by atomic mass is 9.94. The van der Waals surface area contributed by atoms with Gasteiger partial charge in [-0.3, -0.25) is 14.4 Å². The van der Waals surface area contributed by atoms with E-state index in [1.165, 1.54) is 6.33 Å². The number of H-pyrrole nitrogens is 3. The summed E-state index contributed by atoms with van der Waals surface area (Å²) in [5.74, 6) is -2.14. The molecule has 0 radical (unpaired) electrons. The third kappa shape index (κ3) is 6.17. The molecule has 5 aromatic rings. The van der Waals surface area contributed by atoms with Gasteiger partial charge in [0.05, 0.1) is 24.2 Å². The van der Waals surface area contributed by atoms with E-state index in [-0.39, 0.29) is 37.2 Å². The number of benzene rings is 2. The maximum absolute atomic E-state index is 13.5. The number of nitrogens with zero attached hydrogens (tertiary/aromatic N) is 2. The van der Waals surface area contributed by atoms with Gasteiger partial charge in [-0.1, -0.05) is 36.4 Å². The summed E-state index contributed by atoms with van der Waals surface area (Å²) in [6.45, 7) is 1.10. The second kappa shape index (κ2) is 12.5. The second-order valence-electron chi connectivity index (χ2n) is 11.1. The molecule has 3 aromatic heterocycles. The van der Waals surface area contributed by atoms with Crippen molar-refractivity contribution < 1.29 is 14.4 Å². The predicted octanol–water partition coefficient (Wildman–Crippen LogP) is 2.03. The molecule has 1 aliphatic rings. The van der Waals surface area contributed by atoms with E-state index >= 15 is 0 Å². The summed E-state index contributed by atoms with van der Waals surface area (Å²) in [5, 5.41) is 8.27. The van der Waals surface area contributed by atoms with Gasteiger partial charge in [-0.25, -0.2) is 4.98 Å². The summed E-state index contributed by atoms with van der Waals surface area (Å²) in [5.41, 5.74) is 11.3. The Morgan fingerprint density at radius 3 is 1.88 bits per heavy atom. The van der Waals surface area contributed by atoms with Crippen LogP contribution >= 0.6 is 0 Å². The summed E-state index contributed by atoms with van der Waals surface area (Å²) in [4.78, 5) is 55.2. The molecule has 11 heteroatoms. The third-order valence-electron chi connectivity index (χ3n) is 8.35. The van der Waals surface area contributed by atoms with Crippen molar-refractivity contribution in [3.8, 4) is 0 Å². The largest absolute Gasteiger partial charge is 0.361 e. The number of carbonyl (C=O) groups excluding carboxylic acids is 3. The van der Waals surface area contributed by atoms with E-state index in [9.17, 15) is 14.4 Å². The zero-order chi connectivity index (χ0) is 29.8. The number of imidazole rings is 1. The molecule has 6 rings (SSSR count). The summed E-state index contributed by atoms with van der Waals surface area (Å²) in [7, 11) is 0. The zero-order valence-electron chi connectivity index (χ0n) is 23.8. The molecule has 222 valence electrons. The van der Waals surface area contributed by atoms with Gasteiger partial charge >= 0.3 is 0 Å². The predicted molar refractivity (Wildman–Crippen MR) is 164 cm³/mol. The molecule has 43 heavy (non-hydrogen) atoms. The number of amides is 3. The van der Waals surface area contributed by atoms with Crippen LogP contribution < -0.4 is 16.4 Å². The Labute approximate surface area is 248 Å². The molecule has 1 fully saturated rings. The van der Waals surface area contributed by atoms with Gasteiger partial charge < -0.3 is 36.2 Å². The Hall–Kier alpha value is -4.90. The van der Waals surface area contributed by atoms with Gasteiger partial charge in [-0.15, -0.1) is 0 Å². The van der Waals surface area contributed by atoms with Crippen molar-refractivity contribution in [1.29, 1.82) is 0 Å². The number of carbonyl (C=O) groups is 3. The minimum Gasteiger partial charge on any atom is -0.361 e. The lowest BCUT2D eigenvalue weighted by Crippen LogP contribution is -2.44. The van der Waals surface area contributed by atoms with Crippen LogP contribution in [0.4, 0.5) is 0 Å². The van der Waals surface area contributed by atoms with Crippen LogP contribution in [-0.4, -0.2) is 74.8 Å². The highest BCUT2D eigenvalue weighted by molar-refractivity contribution is 5.91. The highest BCUT2D eigenvalue weighted by Crippen LogP contribution is 2.26. The Bertz CT molecular complexity index is 1620. The van der Waals surface area contributed by atoms with E-state index in [1.54, 1.807) is 11.1 Å². The number of nitrogens with one attached hydrogen (secondary N) is 5. The SMILES string of the molecule is N[C@@H](Cc1cnc[nH]1)C(=O)N1C[C@@H](C(=O)NCCc2c[nH]c3ccccc23)[C@H](C(=O)NCCc2c[nH]c3ccccc23)C1. The fraction of sp³-hybridized carbons (Fsp3) is 0.312. The van der Waals surface area contributed by atoms with E-state index in [4.69, 9.17) is 5.73 Å². The normalized spacial score (nSPS) is 17.4. The molecule has 0 spiro atoms. The molecule has 1 saturated heterocycles. The molecule has 7 N–H and O–H groups in total. The van der Waals surface area contributed by atoms with Crippen LogP contribution in [0.2, 0.25) is 0 Å². The van der Waals surface area contributed by atoms with Crippen LogP contribution in [0.15, 0.2) is 73.4 Å². The van der Waals surface area contributed by atoms with Crippen LogP contribution in [0.1, 0.15) is 16.8 Å². The van der Waals surface area contributed by atoms with Crippen molar-refractivity contribution in [1.82, 2.24) is 35.5 Å². The fourth-order valence-electron chi connectivity index (χ4n) is 6.05. The molecule has 1 aliphatic heterocycles. The van der Waals surface area contributed by atoms with Gasteiger partial charge in [0, 0.05) is 78.7 Å². The van der Waals surface area contributed by atoms with Crippen LogP contribution in [0.5, 0.6) is 0 Å². The van der Waals surface area contributed by atoms with Crippen LogP contribution in [0.3, 0.4) is 0 Å². The van der Waals surface area contributed by atoms with Crippen LogP contribution in [-0.2, 0) is 33.6 Å². The van der Waals surface area contributed by atoms with Gasteiger partial charge in [-0.05, 0) is 36.1 Å². The topological polar surface area (TPSA) is 165 Å². The van der Waals surface area contributed by atoms with E-state index in [0.717, 1.165) is 38.6 Å². The third-order valence-corrected chi connectivity index (χ3v) is 8.35. The Morgan fingerprint density at radius 2 is 1.37 bits per heavy atom. The number of aromatic nitrogens is 4. The first-order valence-corrected chi connectivity index (χ1v) is 14.6. The van der Waals surface area contributed by atoms with Gasteiger partial charge in [0.25, 0.3) is 0 Å². The Kier molecular flexibility index (Phi) is 8.23. The summed E-state index contributed by atoms with van der Waals surface area (Å²) in [6.07, 6.45) is 8.65. The molecule has 3 atom stereocenters. The number of rotatable bonds is 11. The first-order valence-electron chi connectivity index (χ1n) is 14.6. The van der Waals surface area contributed by atoms with E-state index < -0.39 is 17.9 Å².